The van der Waals surface area contributed by atoms with Gasteiger partial charge in [-0.2, -0.15) is 0 Å². The van der Waals surface area contributed by atoms with E-state index < -0.39 is 36.4 Å². The summed E-state index contributed by atoms with van der Waals surface area (Å²) in [6.45, 7) is 6.25. The number of aliphatic carboxylic acids is 3. The first-order chi connectivity index (χ1) is 14.9. The van der Waals surface area contributed by atoms with Gasteiger partial charge in [0.2, 0.25) is 0 Å². The van der Waals surface area contributed by atoms with Crippen LogP contribution in [0.15, 0.2) is 35.8 Å². The third-order valence-electron chi connectivity index (χ3n) is 4.25. The molecule has 11 heteroatoms. The lowest BCUT2D eigenvalue weighted by atomic mass is 9.96. The van der Waals surface area contributed by atoms with Gasteiger partial charge in [-0.25, -0.2) is 4.79 Å². The number of carboxylic acids is 3. The van der Waals surface area contributed by atoms with Crippen LogP contribution >= 0.6 is 11.3 Å². The molecule has 1 unspecified atom stereocenters. The van der Waals surface area contributed by atoms with Crippen LogP contribution in [0, 0.1) is 6.92 Å². The van der Waals surface area contributed by atoms with E-state index in [-0.39, 0.29) is 6.10 Å². The highest BCUT2D eigenvalue weighted by molar-refractivity contribution is 7.10. The van der Waals surface area contributed by atoms with Crippen molar-refractivity contribution in [2.75, 3.05) is 6.54 Å². The van der Waals surface area contributed by atoms with Crippen LogP contribution in [0.1, 0.15) is 35.9 Å². The number of pyridine rings is 1. The van der Waals surface area contributed by atoms with Gasteiger partial charge in [0, 0.05) is 30.7 Å². The van der Waals surface area contributed by atoms with Gasteiger partial charge in [-0.3, -0.25) is 19.5 Å². The summed E-state index contributed by atoms with van der Waals surface area (Å²) in [4.78, 5) is 38.4. The SMILES string of the molecule is Cc1ccsc1CN(Cc1ccccn1)CC(C)O.O=C(O)CC(O)(CC(=O)O)C(=O)O. The molecule has 0 aliphatic carbocycles. The van der Waals surface area contributed by atoms with Crippen LogP contribution in [-0.2, 0) is 27.5 Å². The number of carbonyl (C=O) groups is 3. The van der Waals surface area contributed by atoms with Crippen molar-refractivity contribution >= 4 is 29.2 Å². The molecule has 10 nitrogen and oxygen atoms in total. The molecule has 0 aliphatic heterocycles. The van der Waals surface area contributed by atoms with Gasteiger partial charge in [-0.05, 0) is 43.0 Å². The van der Waals surface area contributed by atoms with E-state index in [2.05, 4.69) is 28.3 Å². The first-order valence-corrected chi connectivity index (χ1v) is 10.5. The molecule has 0 saturated heterocycles. The molecule has 0 radical (unpaired) electrons. The Hall–Kier alpha value is -2.86. The highest BCUT2D eigenvalue weighted by Gasteiger charge is 2.40. The minimum absolute atomic E-state index is 0.330. The van der Waals surface area contributed by atoms with Crippen molar-refractivity contribution in [2.24, 2.45) is 0 Å². The summed E-state index contributed by atoms with van der Waals surface area (Å²) in [6, 6.07) is 8.09. The Labute approximate surface area is 189 Å². The number of rotatable bonds is 11. The van der Waals surface area contributed by atoms with Gasteiger partial charge in [-0.15, -0.1) is 11.3 Å². The summed E-state index contributed by atoms with van der Waals surface area (Å²) in [6.07, 6.45) is -0.806. The fourth-order valence-electron chi connectivity index (χ4n) is 2.76. The number of aromatic nitrogens is 1. The van der Waals surface area contributed by atoms with Gasteiger partial charge in [0.15, 0.2) is 5.60 Å². The summed E-state index contributed by atoms with van der Waals surface area (Å²) in [5, 5.41) is 45.6. The zero-order valence-corrected chi connectivity index (χ0v) is 18.7. The molecule has 32 heavy (non-hydrogen) atoms. The number of aryl methyl sites for hydroxylation is 1. The van der Waals surface area contributed by atoms with E-state index >= 15 is 0 Å². The second kappa shape index (κ2) is 12.9. The lowest BCUT2D eigenvalue weighted by Crippen LogP contribution is -2.42. The third kappa shape index (κ3) is 9.96. The maximum absolute atomic E-state index is 10.3. The van der Waals surface area contributed by atoms with Crippen molar-refractivity contribution in [2.45, 2.75) is 51.5 Å². The molecule has 0 saturated carbocycles. The second-order valence-electron chi connectivity index (χ2n) is 7.34. The molecule has 0 fully saturated rings. The lowest BCUT2D eigenvalue weighted by Gasteiger charge is -2.23. The van der Waals surface area contributed by atoms with Gasteiger partial charge in [0.25, 0.3) is 0 Å². The van der Waals surface area contributed by atoms with Gasteiger partial charge >= 0.3 is 17.9 Å². The second-order valence-corrected chi connectivity index (χ2v) is 8.34. The van der Waals surface area contributed by atoms with Crippen molar-refractivity contribution in [3.8, 4) is 0 Å². The maximum Gasteiger partial charge on any atom is 0.336 e. The number of hydrogen-bond donors (Lipinski definition) is 5. The molecule has 0 amide bonds. The third-order valence-corrected chi connectivity index (χ3v) is 5.26. The average Bonchev–Trinajstić information content (AvgIpc) is 3.05. The topological polar surface area (TPSA) is 168 Å². The highest BCUT2D eigenvalue weighted by Crippen LogP contribution is 2.19. The molecular formula is C21H28N2O8S. The number of hydrogen-bond acceptors (Lipinski definition) is 8. The Kier molecular flexibility index (Phi) is 10.9. The smallest absolute Gasteiger partial charge is 0.336 e. The number of carboxylic acid groups (broad SMARTS) is 3. The van der Waals surface area contributed by atoms with Crippen LogP contribution < -0.4 is 0 Å². The summed E-state index contributed by atoms with van der Waals surface area (Å²) in [5.74, 6) is -5.02. The summed E-state index contributed by atoms with van der Waals surface area (Å²) < 4.78 is 0. The Balaban J connectivity index is 0.000000347. The fourth-order valence-corrected chi connectivity index (χ4v) is 3.71. The van der Waals surface area contributed by atoms with E-state index in [0.717, 1.165) is 18.8 Å². The van der Waals surface area contributed by atoms with E-state index in [1.165, 1.54) is 10.4 Å². The predicted octanol–water partition coefficient (Wildman–Crippen LogP) is 1.59. The van der Waals surface area contributed by atoms with Gasteiger partial charge in [0.1, 0.15) is 0 Å². The zero-order valence-electron chi connectivity index (χ0n) is 17.8. The number of aliphatic hydroxyl groups is 2. The Morgan fingerprint density at radius 2 is 1.72 bits per heavy atom. The van der Waals surface area contributed by atoms with E-state index in [9.17, 15) is 19.5 Å². The molecule has 5 N–H and O–H groups in total. The molecule has 0 spiro atoms. The summed E-state index contributed by atoms with van der Waals surface area (Å²) in [7, 11) is 0. The van der Waals surface area contributed by atoms with Crippen LogP contribution in [0.25, 0.3) is 0 Å². The molecular weight excluding hydrogens is 440 g/mol. The molecule has 0 aliphatic rings. The van der Waals surface area contributed by atoms with E-state index in [1.807, 2.05) is 31.3 Å². The van der Waals surface area contributed by atoms with Crippen molar-refractivity contribution < 1.29 is 39.9 Å². The zero-order chi connectivity index (χ0) is 24.3. The first kappa shape index (κ1) is 27.2. The van der Waals surface area contributed by atoms with Gasteiger partial charge < -0.3 is 25.5 Å². The lowest BCUT2D eigenvalue weighted by molar-refractivity contribution is -0.170. The van der Waals surface area contributed by atoms with Gasteiger partial charge in [-0.1, -0.05) is 6.07 Å². The van der Waals surface area contributed by atoms with Crippen LogP contribution in [0.4, 0.5) is 0 Å². The van der Waals surface area contributed by atoms with Crippen molar-refractivity contribution in [1.29, 1.82) is 0 Å². The van der Waals surface area contributed by atoms with E-state index in [4.69, 9.17) is 20.4 Å². The molecule has 2 rings (SSSR count). The van der Waals surface area contributed by atoms with Crippen LogP contribution in [-0.4, -0.2) is 71.6 Å². The quantitative estimate of drug-likeness (QED) is 0.326. The summed E-state index contributed by atoms with van der Waals surface area (Å²) >= 11 is 1.77. The molecule has 176 valence electrons. The molecule has 1 atom stereocenters. The number of nitrogens with zero attached hydrogens (tertiary/aromatic N) is 2. The monoisotopic (exact) mass is 468 g/mol. The Bertz CT molecular complexity index is 869. The minimum atomic E-state index is -2.74. The minimum Gasteiger partial charge on any atom is -0.481 e. The van der Waals surface area contributed by atoms with Crippen LogP contribution in [0.5, 0.6) is 0 Å². The summed E-state index contributed by atoms with van der Waals surface area (Å²) in [5.41, 5.74) is -0.378. The van der Waals surface area contributed by atoms with Crippen molar-refractivity contribution in [1.82, 2.24) is 9.88 Å². The molecule has 2 aromatic rings. The molecule has 0 bridgehead atoms. The Morgan fingerprint density at radius 3 is 2.12 bits per heavy atom. The molecule has 2 heterocycles. The van der Waals surface area contributed by atoms with E-state index in [1.54, 1.807) is 11.3 Å². The maximum atomic E-state index is 10.3. The largest absolute Gasteiger partial charge is 0.481 e. The highest BCUT2D eigenvalue weighted by atomic mass is 32.1. The van der Waals surface area contributed by atoms with Crippen LogP contribution in [0.2, 0.25) is 0 Å². The predicted molar refractivity (Wildman–Crippen MR) is 116 cm³/mol. The van der Waals surface area contributed by atoms with Gasteiger partial charge in [0.05, 0.1) is 24.6 Å². The van der Waals surface area contributed by atoms with Crippen molar-refractivity contribution in [3.05, 3.63) is 52.0 Å². The fraction of sp³-hybridized carbons (Fsp3) is 0.429. The van der Waals surface area contributed by atoms with Crippen molar-refractivity contribution in [3.63, 3.8) is 0 Å². The number of thiophene rings is 1. The first-order valence-electron chi connectivity index (χ1n) is 9.65. The standard InChI is InChI=1S/C15H20N2OS.C6H8O7/c1-12-6-8-19-15(12)11-17(9-13(2)18)10-14-5-3-4-7-16-14;7-3(8)1-6(13,5(11)12)2-4(9)10/h3-8,13,18H,9-11H2,1-2H3;13H,1-2H2,(H,7,8)(H,9,10)(H,11,12). The average molecular weight is 469 g/mol. The number of aliphatic hydroxyl groups excluding tert-OH is 1. The molecule has 2 aromatic heterocycles. The van der Waals surface area contributed by atoms with E-state index in [0.29, 0.717) is 6.54 Å². The van der Waals surface area contributed by atoms with Crippen LogP contribution in [0.3, 0.4) is 0 Å². The normalized spacial score (nSPS) is 12.0. The Morgan fingerprint density at radius 1 is 1.09 bits per heavy atom. The molecule has 0 aromatic carbocycles.